The van der Waals surface area contributed by atoms with Gasteiger partial charge in [-0.3, -0.25) is 4.99 Å². The Morgan fingerprint density at radius 3 is 1.85 bits per heavy atom. The van der Waals surface area contributed by atoms with E-state index >= 15 is 0 Å². The molecule has 228 valence electrons. The summed E-state index contributed by atoms with van der Waals surface area (Å²) in [4.78, 5) is 5.26. The highest BCUT2D eigenvalue weighted by molar-refractivity contribution is 6.03. The van der Waals surface area contributed by atoms with Crippen LogP contribution in [0.3, 0.4) is 0 Å². The molecule has 47 heavy (non-hydrogen) atoms. The van der Waals surface area contributed by atoms with Gasteiger partial charge in [-0.2, -0.15) is 0 Å². The Bertz CT molecular complexity index is 2180. The maximum atomic E-state index is 5.26. The molecule has 0 radical (unpaired) electrons. The van der Waals surface area contributed by atoms with Crippen molar-refractivity contribution < 1.29 is 0 Å². The molecule has 1 heteroatoms. The second-order valence-corrected chi connectivity index (χ2v) is 12.6. The molecular weight excluding hydrogens is 567 g/mol. The van der Waals surface area contributed by atoms with E-state index in [1.807, 2.05) is 12.1 Å². The maximum absolute atomic E-state index is 5.26. The predicted molar refractivity (Wildman–Crippen MR) is 202 cm³/mol. The molecular formula is C46H39N. The first-order chi connectivity index (χ1) is 22.9. The number of nitrogens with zero attached hydrogens (tertiary/aromatic N) is 1. The molecule has 0 N–H and O–H groups in total. The van der Waals surface area contributed by atoms with Crippen LogP contribution in [0.4, 0.5) is 0 Å². The molecule has 1 aliphatic carbocycles. The number of benzene rings is 6. The van der Waals surface area contributed by atoms with Crippen molar-refractivity contribution in [2.75, 3.05) is 0 Å². The summed E-state index contributed by atoms with van der Waals surface area (Å²) < 4.78 is 0. The van der Waals surface area contributed by atoms with Crippen molar-refractivity contribution in [3.63, 3.8) is 0 Å². The first-order valence-corrected chi connectivity index (χ1v) is 16.4. The Labute approximate surface area is 279 Å². The lowest BCUT2D eigenvalue weighted by molar-refractivity contribution is 1.22. The largest absolute Gasteiger partial charge is 0.252 e. The Balaban J connectivity index is 1.39. The van der Waals surface area contributed by atoms with Crippen LogP contribution in [0.25, 0.3) is 44.7 Å². The van der Waals surface area contributed by atoms with Crippen molar-refractivity contribution in [1.29, 1.82) is 0 Å². The van der Waals surface area contributed by atoms with Crippen LogP contribution in [0.15, 0.2) is 157 Å². The monoisotopic (exact) mass is 605 g/mol. The van der Waals surface area contributed by atoms with Gasteiger partial charge in [0.1, 0.15) is 0 Å². The molecule has 0 spiro atoms. The zero-order chi connectivity index (χ0) is 32.5. The van der Waals surface area contributed by atoms with E-state index in [1.165, 1.54) is 55.6 Å². The van der Waals surface area contributed by atoms with Gasteiger partial charge in [0.05, 0.1) is 5.70 Å². The topological polar surface area (TPSA) is 12.4 Å². The molecule has 0 aliphatic heterocycles. The van der Waals surface area contributed by atoms with Gasteiger partial charge in [0.15, 0.2) is 0 Å². The molecule has 6 aromatic rings. The molecule has 1 aliphatic rings. The molecule has 0 aromatic heterocycles. The predicted octanol–water partition coefficient (Wildman–Crippen LogP) is 12.2. The van der Waals surface area contributed by atoms with Gasteiger partial charge in [-0.25, -0.2) is 0 Å². The zero-order valence-corrected chi connectivity index (χ0v) is 27.6. The highest BCUT2D eigenvalue weighted by Gasteiger charge is 2.25. The van der Waals surface area contributed by atoms with E-state index in [-0.39, 0.29) is 0 Å². The number of fused-ring (bicyclic) bond motifs is 3. The van der Waals surface area contributed by atoms with E-state index in [0.717, 1.165) is 45.7 Å². The van der Waals surface area contributed by atoms with Crippen LogP contribution in [-0.4, -0.2) is 5.71 Å². The fourth-order valence-corrected chi connectivity index (χ4v) is 6.97. The summed E-state index contributed by atoms with van der Waals surface area (Å²) >= 11 is 0. The van der Waals surface area contributed by atoms with Crippen LogP contribution >= 0.6 is 0 Å². The van der Waals surface area contributed by atoms with Gasteiger partial charge in [-0.15, -0.1) is 0 Å². The lowest BCUT2D eigenvalue weighted by Crippen LogP contribution is -1.99. The minimum Gasteiger partial charge on any atom is -0.252 e. The molecule has 1 nitrogen and oxygen atoms in total. The van der Waals surface area contributed by atoms with Crippen molar-refractivity contribution in [2.45, 2.75) is 34.1 Å². The van der Waals surface area contributed by atoms with Gasteiger partial charge in [0.25, 0.3) is 0 Å². The number of aliphatic imine (C=N–C) groups is 1. The second-order valence-electron chi connectivity index (χ2n) is 12.6. The smallest absolute Gasteiger partial charge is 0.0740 e. The summed E-state index contributed by atoms with van der Waals surface area (Å²) in [6, 6.07) is 49.8. The number of hydrogen-bond donors (Lipinski definition) is 0. The molecule has 0 amide bonds. The van der Waals surface area contributed by atoms with E-state index in [4.69, 9.17) is 4.99 Å². The van der Waals surface area contributed by atoms with Crippen LogP contribution < -0.4 is 0 Å². The highest BCUT2D eigenvalue weighted by atomic mass is 14.8. The third kappa shape index (κ3) is 5.70. The summed E-state index contributed by atoms with van der Waals surface area (Å²) in [5.41, 5.74) is 20.5. The van der Waals surface area contributed by atoms with Gasteiger partial charge >= 0.3 is 0 Å². The first kappa shape index (κ1) is 30.1. The number of allylic oxidation sites excluding steroid dienone is 2. The van der Waals surface area contributed by atoms with E-state index in [0.29, 0.717) is 0 Å². The summed E-state index contributed by atoms with van der Waals surface area (Å²) in [5, 5.41) is 0. The van der Waals surface area contributed by atoms with Crippen molar-refractivity contribution in [3.8, 4) is 33.4 Å². The fourth-order valence-electron chi connectivity index (χ4n) is 6.97. The number of hydrogen-bond acceptors (Lipinski definition) is 1. The Kier molecular flexibility index (Phi) is 8.14. The van der Waals surface area contributed by atoms with Crippen LogP contribution in [-0.2, 0) is 6.42 Å². The minimum atomic E-state index is 0.935. The van der Waals surface area contributed by atoms with Crippen LogP contribution in [0, 0.1) is 13.8 Å². The van der Waals surface area contributed by atoms with Crippen molar-refractivity contribution in [3.05, 3.63) is 191 Å². The molecule has 6 aromatic carbocycles. The van der Waals surface area contributed by atoms with Gasteiger partial charge < -0.3 is 0 Å². The first-order valence-electron chi connectivity index (χ1n) is 16.4. The second kappa shape index (κ2) is 12.7. The Morgan fingerprint density at radius 2 is 1.17 bits per heavy atom. The van der Waals surface area contributed by atoms with Gasteiger partial charge in [0.2, 0.25) is 0 Å². The molecule has 0 atom stereocenters. The quantitative estimate of drug-likeness (QED) is 0.127. The van der Waals surface area contributed by atoms with Crippen molar-refractivity contribution in [2.24, 2.45) is 4.99 Å². The standard InChI is InChI=1S/C46H39N/c1-30-16-12-14-22-40(30)45-33(4)42-28-39-21-13-15-23-41(39)44(42)29-43(45)37-24-26-38(27-25-37)46(47-34(5)36-19-10-7-11-20-36)32(3)31(2)35-17-8-6-9-18-35/h6-27,29H,2,28H2,1,3-5H3/b46-32-,47-34?. The van der Waals surface area contributed by atoms with E-state index in [1.54, 1.807) is 0 Å². The summed E-state index contributed by atoms with van der Waals surface area (Å²) in [7, 11) is 0. The van der Waals surface area contributed by atoms with Crippen LogP contribution in [0.2, 0.25) is 0 Å². The molecule has 0 saturated carbocycles. The molecule has 0 saturated heterocycles. The number of rotatable bonds is 7. The molecule has 0 fully saturated rings. The Hall–Kier alpha value is -5.53. The van der Waals surface area contributed by atoms with E-state index in [9.17, 15) is 0 Å². The summed E-state index contributed by atoms with van der Waals surface area (Å²) in [6.45, 7) is 13.3. The average Bonchev–Trinajstić information content (AvgIpc) is 3.50. The zero-order valence-electron chi connectivity index (χ0n) is 27.6. The molecule has 7 rings (SSSR count). The summed E-state index contributed by atoms with van der Waals surface area (Å²) in [6.07, 6.45) is 0.979. The van der Waals surface area contributed by atoms with Gasteiger partial charge in [-0.05, 0) is 118 Å². The van der Waals surface area contributed by atoms with Crippen molar-refractivity contribution >= 4 is 17.0 Å². The maximum Gasteiger partial charge on any atom is 0.0740 e. The normalized spacial score (nSPS) is 12.7. The van der Waals surface area contributed by atoms with Gasteiger partial charge in [0, 0.05) is 11.3 Å². The highest BCUT2D eigenvalue weighted by Crippen LogP contribution is 2.47. The third-order valence-electron chi connectivity index (χ3n) is 9.67. The third-order valence-corrected chi connectivity index (χ3v) is 9.67. The average molecular weight is 606 g/mol. The van der Waals surface area contributed by atoms with Gasteiger partial charge in [-0.1, -0.05) is 140 Å². The molecule has 0 heterocycles. The number of aryl methyl sites for hydroxylation is 1. The van der Waals surface area contributed by atoms with E-state index < -0.39 is 0 Å². The van der Waals surface area contributed by atoms with Crippen LogP contribution in [0.1, 0.15) is 52.8 Å². The van der Waals surface area contributed by atoms with Crippen LogP contribution in [0.5, 0.6) is 0 Å². The molecule has 0 bridgehead atoms. The Morgan fingerprint density at radius 1 is 0.574 bits per heavy atom. The SMILES string of the molecule is C=C(/C(C)=C(\N=C(C)c1ccccc1)c1ccc(-c2cc3c(c(C)c2-c2ccccc2C)Cc2ccccc2-3)cc1)c1ccccc1. The lowest BCUT2D eigenvalue weighted by Gasteiger charge is -2.20. The molecule has 0 unspecified atom stereocenters. The summed E-state index contributed by atoms with van der Waals surface area (Å²) in [5.74, 6) is 0. The lowest BCUT2D eigenvalue weighted by atomic mass is 9.84. The van der Waals surface area contributed by atoms with Crippen molar-refractivity contribution in [1.82, 2.24) is 0 Å². The minimum absolute atomic E-state index is 0.935. The van der Waals surface area contributed by atoms with E-state index in [2.05, 4.69) is 162 Å². The fraction of sp³-hybridized carbons (Fsp3) is 0.109.